The molecule has 0 aliphatic rings. The van der Waals surface area contributed by atoms with E-state index in [0.717, 1.165) is 17.0 Å². The molecule has 0 aliphatic carbocycles. The molecule has 6 nitrogen and oxygen atoms in total. The second-order valence-electron chi connectivity index (χ2n) is 6.42. The second kappa shape index (κ2) is 7.86. The SMILES string of the molecule is Cc1nn(Cc2ccccc2)c(C)c1CNC(=O)c1ccc(C(N)=O)cc1. The molecule has 1 heterocycles. The summed E-state index contributed by atoms with van der Waals surface area (Å²) in [5.74, 6) is -0.723. The van der Waals surface area contributed by atoms with Crippen LogP contribution in [0.25, 0.3) is 0 Å². The van der Waals surface area contributed by atoms with E-state index in [1.165, 1.54) is 5.56 Å². The number of rotatable bonds is 6. The van der Waals surface area contributed by atoms with Crippen molar-refractivity contribution in [3.8, 4) is 0 Å². The molecule has 0 radical (unpaired) electrons. The van der Waals surface area contributed by atoms with Gasteiger partial charge in [-0.05, 0) is 43.7 Å². The standard InChI is InChI=1S/C21H22N4O2/c1-14-19(15(2)25(24-14)13-16-6-4-3-5-7-16)12-23-21(27)18-10-8-17(9-11-18)20(22)26/h3-11H,12-13H2,1-2H3,(H2,22,26)(H,23,27). The van der Waals surface area contributed by atoms with E-state index in [2.05, 4.69) is 22.5 Å². The molecule has 0 bridgehead atoms. The van der Waals surface area contributed by atoms with Gasteiger partial charge in [-0.1, -0.05) is 30.3 Å². The van der Waals surface area contributed by atoms with Gasteiger partial charge in [0.25, 0.3) is 5.91 Å². The monoisotopic (exact) mass is 362 g/mol. The maximum Gasteiger partial charge on any atom is 0.251 e. The van der Waals surface area contributed by atoms with E-state index >= 15 is 0 Å². The van der Waals surface area contributed by atoms with Crippen molar-refractivity contribution in [1.29, 1.82) is 0 Å². The number of hydrogen-bond acceptors (Lipinski definition) is 3. The summed E-state index contributed by atoms with van der Waals surface area (Å²) in [5, 5.41) is 7.52. The van der Waals surface area contributed by atoms with Crippen molar-refractivity contribution in [2.75, 3.05) is 0 Å². The first kappa shape index (κ1) is 18.4. The topological polar surface area (TPSA) is 90.0 Å². The number of aryl methyl sites for hydroxylation is 1. The fraction of sp³-hybridized carbons (Fsp3) is 0.190. The third-order valence-electron chi connectivity index (χ3n) is 4.56. The van der Waals surface area contributed by atoms with E-state index in [0.29, 0.717) is 24.2 Å². The van der Waals surface area contributed by atoms with Crippen LogP contribution in [-0.4, -0.2) is 21.6 Å². The highest BCUT2D eigenvalue weighted by Gasteiger charge is 2.14. The Morgan fingerprint density at radius 2 is 1.63 bits per heavy atom. The number of aromatic nitrogens is 2. The third-order valence-corrected chi connectivity index (χ3v) is 4.56. The molecule has 6 heteroatoms. The van der Waals surface area contributed by atoms with Gasteiger partial charge in [-0.15, -0.1) is 0 Å². The first-order chi connectivity index (χ1) is 13.0. The zero-order chi connectivity index (χ0) is 19.4. The molecule has 0 aliphatic heterocycles. The highest BCUT2D eigenvalue weighted by atomic mass is 16.2. The minimum Gasteiger partial charge on any atom is -0.366 e. The molecule has 2 aromatic carbocycles. The Bertz CT molecular complexity index is 960. The Balaban J connectivity index is 1.68. The average molecular weight is 362 g/mol. The molecular formula is C21H22N4O2. The Labute approximate surface area is 158 Å². The highest BCUT2D eigenvalue weighted by Crippen LogP contribution is 2.15. The number of carbonyl (C=O) groups is 2. The minimum absolute atomic E-state index is 0.208. The predicted octanol–water partition coefficient (Wildman–Crippen LogP) is 2.58. The van der Waals surface area contributed by atoms with E-state index < -0.39 is 5.91 Å². The zero-order valence-corrected chi connectivity index (χ0v) is 15.4. The Morgan fingerprint density at radius 1 is 1.00 bits per heavy atom. The summed E-state index contributed by atoms with van der Waals surface area (Å²) in [5.41, 5.74) is 10.2. The molecule has 3 aromatic rings. The van der Waals surface area contributed by atoms with Gasteiger partial charge in [0.1, 0.15) is 0 Å². The van der Waals surface area contributed by atoms with Gasteiger partial charge < -0.3 is 11.1 Å². The lowest BCUT2D eigenvalue weighted by atomic mass is 10.1. The maximum absolute atomic E-state index is 12.4. The summed E-state index contributed by atoms with van der Waals surface area (Å²) in [4.78, 5) is 23.5. The first-order valence-electron chi connectivity index (χ1n) is 8.70. The molecule has 3 rings (SSSR count). The Hall–Kier alpha value is -3.41. The van der Waals surface area contributed by atoms with Crippen molar-refractivity contribution in [2.45, 2.75) is 26.9 Å². The van der Waals surface area contributed by atoms with E-state index in [4.69, 9.17) is 5.73 Å². The number of nitrogens with one attached hydrogen (secondary N) is 1. The lowest BCUT2D eigenvalue weighted by Crippen LogP contribution is -2.23. The molecule has 0 fully saturated rings. The molecule has 138 valence electrons. The summed E-state index contributed by atoms with van der Waals surface area (Å²) < 4.78 is 1.95. The van der Waals surface area contributed by atoms with Crippen LogP contribution in [0.1, 0.15) is 43.2 Å². The van der Waals surface area contributed by atoms with E-state index in [9.17, 15) is 9.59 Å². The van der Waals surface area contributed by atoms with E-state index in [1.54, 1.807) is 24.3 Å². The van der Waals surface area contributed by atoms with Gasteiger partial charge in [-0.2, -0.15) is 5.10 Å². The molecule has 1 aromatic heterocycles. The largest absolute Gasteiger partial charge is 0.366 e. The van der Waals surface area contributed by atoms with Crippen LogP contribution in [0.4, 0.5) is 0 Å². The van der Waals surface area contributed by atoms with Crippen LogP contribution >= 0.6 is 0 Å². The van der Waals surface area contributed by atoms with Crippen molar-refractivity contribution in [1.82, 2.24) is 15.1 Å². The van der Waals surface area contributed by atoms with Crippen molar-refractivity contribution in [2.24, 2.45) is 5.73 Å². The van der Waals surface area contributed by atoms with Gasteiger partial charge in [0.15, 0.2) is 0 Å². The molecule has 0 saturated carbocycles. The molecular weight excluding hydrogens is 340 g/mol. The smallest absolute Gasteiger partial charge is 0.251 e. The quantitative estimate of drug-likeness (QED) is 0.706. The van der Waals surface area contributed by atoms with Gasteiger partial charge in [0.2, 0.25) is 5.91 Å². The third kappa shape index (κ3) is 4.23. The summed E-state index contributed by atoms with van der Waals surface area (Å²) in [6.45, 7) is 5.03. The van der Waals surface area contributed by atoms with Crippen LogP contribution < -0.4 is 11.1 Å². The fourth-order valence-electron chi connectivity index (χ4n) is 2.96. The Morgan fingerprint density at radius 3 is 2.26 bits per heavy atom. The number of primary amides is 1. The number of benzene rings is 2. The molecule has 0 unspecified atom stereocenters. The normalized spacial score (nSPS) is 10.6. The van der Waals surface area contributed by atoms with Crippen molar-refractivity contribution in [3.05, 3.63) is 88.2 Å². The van der Waals surface area contributed by atoms with Gasteiger partial charge in [0, 0.05) is 28.9 Å². The number of nitrogens with two attached hydrogens (primary N) is 1. The minimum atomic E-state index is -0.515. The van der Waals surface area contributed by atoms with Crippen LogP contribution in [-0.2, 0) is 13.1 Å². The molecule has 0 saturated heterocycles. The number of carbonyl (C=O) groups excluding carboxylic acids is 2. The molecule has 3 N–H and O–H groups in total. The van der Waals surface area contributed by atoms with Crippen LogP contribution in [0.3, 0.4) is 0 Å². The number of hydrogen-bond donors (Lipinski definition) is 2. The van der Waals surface area contributed by atoms with Gasteiger partial charge in [-0.25, -0.2) is 0 Å². The molecule has 0 spiro atoms. The fourth-order valence-corrected chi connectivity index (χ4v) is 2.96. The van der Waals surface area contributed by atoms with Gasteiger partial charge in [-0.3, -0.25) is 14.3 Å². The predicted molar refractivity (Wildman–Crippen MR) is 103 cm³/mol. The van der Waals surface area contributed by atoms with Crippen LogP contribution in [0.15, 0.2) is 54.6 Å². The van der Waals surface area contributed by atoms with Gasteiger partial charge >= 0.3 is 0 Å². The van der Waals surface area contributed by atoms with Crippen LogP contribution in [0.5, 0.6) is 0 Å². The summed E-state index contributed by atoms with van der Waals surface area (Å²) in [6.07, 6.45) is 0. The van der Waals surface area contributed by atoms with Crippen molar-refractivity contribution >= 4 is 11.8 Å². The van der Waals surface area contributed by atoms with Crippen LogP contribution in [0, 0.1) is 13.8 Å². The van der Waals surface area contributed by atoms with Crippen molar-refractivity contribution < 1.29 is 9.59 Å². The number of amides is 2. The van der Waals surface area contributed by atoms with Gasteiger partial charge in [0.05, 0.1) is 12.2 Å². The lowest BCUT2D eigenvalue weighted by Gasteiger charge is -2.08. The number of nitrogens with zero attached hydrogens (tertiary/aromatic N) is 2. The summed E-state index contributed by atoms with van der Waals surface area (Å²) in [6, 6.07) is 16.4. The summed E-state index contributed by atoms with van der Waals surface area (Å²) in [7, 11) is 0. The first-order valence-corrected chi connectivity index (χ1v) is 8.70. The Kier molecular flexibility index (Phi) is 5.35. The molecule has 2 amide bonds. The van der Waals surface area contributed by atoms with Crippen molar-refractivity contribution in [3.63, 3.8) is 0 Å². The van der Waals surface area contributed by atoms with Crippen LogP contribution in [0.2, 0.25) is 0 Å². The maximum atomic E-state index is 12.4. The molecule has 27 heavy (non-hydrogen) atoms. The second-order valence-corrected chi connectivity index (χ2v) is 6.42. The average Bonchev–Trinajstić information content (AvgIpc) is 2.93. The van der Waals surface area contributed by atoms with E-state index in [1.807, 2.05) is 36.7 Å². The zero-order valence-electron chi connectivity index (χ0n) is 15.4. The summed E-state index contributed by atoms with van der Waals surface area (Å²) >= 11 is 0. The highest BCUT2D eigenvalue weighted by molar-refractivity contribution is 5.97. The molecule has 0 atom stereocenters. The lowest BCUT2D eigenvalue weighted by molar-refractivity contribution is 0.0948. The van der Waals surface area contributed by atoms with E-state index in [-0.39, 0.29) is 5.91 Å².